The van der Waals surface area contributed by atoms with E-state index in [1.165, 1.54) is 11.1 Å². The lowest BCUT2D eigenvalue weighted by molar-refractivity contribution is 0.0949. The number of nitrogens with one attached hydrogen (secondary N) is 1. The van der Waals surface area contributed by atoms with Crippen molar-refractivity contribution in [2.24, 2.45) is 0 Å². The van der Waals surface area contributed by atoms with Gasteiger partial charge in [0.2, 0.25) is 0 Å². The van der Waals surface area contributed by atoms with Crippen LogP contribution in [0.3, 0.4) is 0 Å². The Labute approximate surface area is 164 Å². The highest BCUT2D eigenvalue weighted by Gasteiger charge is 2.13. The zero-order valence-electron chi connectivity index (χ0n) is 15.9. The molecule has 0 spiro atoms. The summed E-state index contributed by atoms with van der Waals surface area (Å²) in [5.41, 5.74) is 4.23. The molecule has 0 radical (unpaired) electrons. The van der Waals surface area contributed by atoms with Crippen molar-refractivity contribution in [3.63, 3.8) is 0 Å². The molecular weight excluding hydrogens is 356 g/mol. The first kappa shape index (κ1) is 19.2. The molecule has 140 valence electrons. The molecule has 0 aliphatic heterocycles. The minimum absolute atomic E-state index is 0.0989. The molecule has 0 saturated heterocycles. The van der Waals surface area contributed by atoms with E-state index in [2.05, 4.69) is 58.2 Å². The van der Waals surface area contributed by atoms with Gasteiger partial charge in [0.05, 0.1) is 6.54 Å². The van der Waals surface area contributed by atoms with Crippen molar-refractivity contribution in [2.75, 3.05) is 0 Å². The van der Waals surface area contributed by atoms with Gasteiger partial charge in [-0.2, -0.15) is 0 Å². The molecule has 0 fully saturated rings. The standard InChI is InChI=1S/C21H24N4OS/c1-4-25-19(13-22-20(26)18-7-5-6-16(3)12-18)23-24-21(25)27-14-17-10-8-15(2)9-11-17/h5-12H,4,13-14H2,1-3H3,(H,22,26). The van der Waals surface area contributed by atoms with Gasteiger partial charge in [0, 0.05) is 17.9 Å². The number of hydrogen-bond donors (Lipinski definition) is 1. The van der Waals surface area contributed by atoms with Crippen molar-refractivity contribution >= 4 is 17.7 Å². The van der Waals surface area contributed by atoms with Gasteiger partial charge in [0.1, 0.15) is 0 Å². The van der Waals surface area contributed by atoms with Gasteiger partial charge in [-0.1, -0.05) is 59.3 Å². The summed E-state index contributed by atoms with van der Waals surface area (Å²) in [4.78, 5) is 12.3. The van der Waals surface area contributed by atoms with Crippen LogP contribution in [0.4, 0.5) is 0 Å². The number of carbonyl (C=O) groups is 1. The maximum absolute atomic E-state index is 12.3. The van der Waals surface area contributed by atoms with Crippen molar-refractivity contribution in [1.29, 1.82) is 0 Å². The summed E-state index contributed by atoms with van der Waals surface area (Å²) in [5, 5.41) is 12.4. The van der Waals surface area contributed by atoms with E-state index < -0.39 is 0 Å². The lowest BCUT2D eigenvalue weighted by Gasteiger charge is -2.09. The summed E-state index contributed by atoms with van der Waals surface area (Å²) in [6.07, 6.45) is 0. The van der Waals surface area contributed by atoms with Gasteiger partial charge in [0.25, 0.3) is 5.91 Å². The molecule has 1 amide bonds. The maximum Gasteiger partial charge on any atom is 0.251 e. The number of thioether (sulfide) groups is 1. The van der Waals surface area contributed by atoms with Crippen LogP contribution in [0.2, 0.25) is 0 Å². The summed E-state index contributed by atoms with van der Waals surface area (Å²) in [7, 11) is 0. The fourth-order valence-corrected chi connectivity index (χ4v) is 3.73. The van der Waals surface area contributed by atoms with E-state index >= 15 is 0 Å². The molecule has 0 atom stereocenters. The van der Waals surface area contributed by atoms with Crippen LogP contribution < -0.4 is 5.32 Å². The lowest BCUT2D eigenvalue weighted by atomic mass is 10.1. The van der Waals surface area contributed by atoms with E-state index in [1.807, 2.05) is 31.2 Å². The van der Waals surface area contributed by atoms with Crippen LogP contribution in [-0.2, 0) is 18.8 Å². The molecule has 0 saturated carbocycles. The Bertz CT molecular complexity index is 918. The number of rotatable bonds is 7. The lowest BCUT2D eigenvalue weighted by Crippen LogP contribution is -2.24. The predicted molar refractivity (Wildman–Crippen MR) is 109 cm³/mol. The summed E-state index contributed by atoms with van der Waals surface area (Å²) in [6, 6.07) is 16.1. The van der Waals surface area contributed by atoms with Gasteiger partial charge in [-0.3, -0.25) is 4.79 Å². The largest absolute Gasteiger partial charge is 0.345 e. The van der Waals surface area contributed by atoms with Crippen molar-refractivity contribution < 1.29 is 4.79 Å². The fourth-order valence-electron chi connectivity index (χ4n) is 2.75. The first-order valence-electron chi connectivity index (χ1n) is 9.02. The predicted octanol–water partition coefficient (Wildman–Crippen LogP) is 4.14. The number of benzene rings is 2. The SMILES string of the molecule is CCn1c(CNC(=O)c2cccc(C)c2)nnc1SCc1ccc(C)cc1. The third-order valence-corrected chi connectivity index (χ3v) is 5.32. The second-order valence-corrected chi connectivity index (χ2v) is 7.41. The van der Waals surface area contributed by atoms with Crippen molar-refractivity contribution in [2.45, 2.75) is 44.8 Å². The fraction of sp³-hybridized carbons (Fsp3) is 0.286. The van der Waals surface area contributed by atoms with E-state index in [0.29, 0.717) is 12.1 Å². The molecule has 3 aromatic rings. The topological polar surface area (TPSA) is 59.8 Å². The average Bonchev–Trinajstić information content (AvgIpc) is 3.07. The van der Waals surface area contributed by atoms with Crippen LogP contribution in [0.5, 0.6) is 0 Å². The molecule has 0 aliphatic rings. The zero-order chi connectivity index (χ0) is 19.2. The minimum atomic E-state index is -0.0989. The van der Waals surface area contributed by atoms with Crippen LogP contribution in [0, 0.1) is 13.8 Å². The first-order chi connectivity index (χ1) is 13.1. The zero-order valence-corrected chi connectivity index (χ0v) is 16.7. The highest BCUT2D eigenvalue weighted by Crippen LogP contribution is 2.22. The third-order valence-electron chi connectivity index (χ3n) is 4.29. The Hall–Kier alpha value is -2.60. The number of aromatic nitrogens is 3. The smallest absolute Gasteiger partial charge is 0.251 e. The van der Waals surface area contributed by atoms with Gasteiger partial charge in [0.15, 0.2) is 11.0 Å². The molecule has 2 aromatic carbocycles. The van der Waals surface area contributed by atoms with Crippen LogP contribution in [-0.4, -0.2) is 20.7 Å². The van der Waals surface area contributed by atoms with Crippen LogP contribution >= 0.6 is 11.8 Å². The van der Waals surface area contributed by atoms with Gasteiger partial charge in [-0.25, -0.2) is 0 Å². The molecule has 3 rings (SSSR count). The molecule has 0 unspecified atom stereocenters. The number of amides is 1. The molecular formula is C21H24N4OS. The second-order valence-electron chi connectivity index (χ2n) is 6.47. The number of carbonyl (C=O) groups excluding carboxylic acids is 1. The van der Waals surface area contributed by atoms with E-state index in [0.717, 1.165) is 28.8 Å². The molecule has 27 heavy (non-hydrogen) atoms. The summed E-state index contributed by atoms with van der Waals surface area (Å²) < 4.78 is 2.05. The summed E-state index contributed by atoms with van der Waals surface area (Å²) in [6.45, 7) is 7.24. The molecule has 5 nitrogen and oxygen atoms in total. The minimum Gasteiger partial charge on any atom is -0.345 e. The van der Waals surface area contributed by atoms with Crippen molar-refractivity contribution in [3.05, 3.63) is 76.6 Å². The average molecular weight is 381 g/mol. The molecule has 0 aliphatic carbocycles. The van der Waals surface area contributed by atoms with Crippen molar-refractivity contribution in [3.8, 4) is 0 Å². The van der Waals surface area contributed by atoms with Crippen LogP contribution in [0.15, 0.2) is 53.7 Å². The Morgan fingerprint density at radius 1 is 1.07 bits per heavy atom. The third kappa shape index (κ3) is 4.98. The van der Waals surface area contributed by atoms with Crippen molar-refractivity contribution in [1.82, 2.24) is 20.1 Å². The van der Waals surface area contributed by atoms with E-state index in [1.54, 1.807) is 11.8 Å². The Morgan fingerprint density at radius 2 is 1.85 bits per heavy atom. The molecule has 6 heteroatoms. The highest BCUT2D eigenvalue weighted by atomic mass is 32.2. The summed E-state index contributed by atoms with van der Waals surface area (Å²) >= 11 is 1.66. The Morgan fingerprint density at radius 3 is 2.56 bits per heavy atom. The Kier molecular flexibility index (Phi) is 6.29. The van der Waals surface area contributed by atoms with Gasteiger partial charge < -0.3 is 9.88 Å². The monoisotopic (exact) mass is 380 g/mol. The molecule has 1 N–H and O–H groups in total. The number of aryl methyl sites for hydroxylation is 2. The van der Waals surface area contributed by atoms with Crippen LogP contribution in [0.25, 0.3) is 0 Å². The Balaban J connectivity index is 1.63. The number of hydrogen-bond acceptors (Lipinski definition) is 4. The van der Waals surface area contributed by atoms with Gasteiger partial charge >= 0.3 is 0 Å². The highest BCUT2D eigenvalue weighted by molar-refractivity contribution is 7.98. The summed E-state index contributed by atoms with van der Waals surface area (Å²) in [5.74, 6) is 1.51. The van der Waals surface area contributed by atoms with Gasteiger partial charge in [-0.05, 0) is 38.5 Å². The first-order valence-corrected chi connectivity index (χ1v) is 10.0. The second kappa shape index (κ2) is 8.86. The maximum atomic E-state index is 12.3. The number of nitrogens with zero attached hydrogens (tertiary/aromatic N) is 3. The van der Waals surface area contributed by atoms with Crippen LogP contribution in [0.1, 0.15) is 39.8 Å². The molecule has 1 aromatic heterocycles. The molecule has 1 heterocycles. The van der Waals surface area contributed by atoms with Gasteiger partial charge in [-0.15, -0.1) is 10.2 Å². The van der Waals surface area contributed by atoms with E-state index in [9.17, 15) is 4.79 Å². The normalized spacial score (nSPS) is 10.8. The quantitative estimate of drug-likeness (QED) is 0.626. The van der Waals surface area contributed by atoms with E-state index in [4.69, 9.17) is 0 Å². The van der Waals surface area contributed by atoms with E-state index in [-0.39, 0.29) is 5.91 Å². The molecule has 0 bridgehead atoms.